The largest absolute Gasteiger partial charge is 0.393 e. The van der Waals surface area contributed by atoms with Gasteiger partial charge in [-0.25, -0.2) is 0 Å². The SMILES string of the molecule is CN(CC(=O)Nc1sc2c(c1C#N)CCCCC2)CC(=O)N1CCC(O)CC1. The fraction of sp³-hybridized carbons (Fsp3) is 0.650. The van der Waals surface area contributed by atoms with Crippen molar-refractivity contribution in [2.24, 2.45) is 0 Å². The molecule has 8 heteroatoms. The maximum absolute atomic E-state index is 12.5. The molecule has 7 nitrogen and oxygen atoms in total. The van der Waals surface area contributed by atoms with E-state index in [1.165, 1.54) is 22.6 Å². The zero-order valence-corrected chi connectivity index (χ0v) is 17.2. The number of nitrogens with zero attached hydrogens (tertiary/aromatic N) is 3. The highest BCUT2D eigenvalue weighted by molar-refractivity contribution is 7.16. The zero-order valence-electron chi connectivity index (χ0n) is 16.4. The number of thiophene rings is 1. The second-order valence-electron chi connectivity index (χ2n) is 7.71. The predicted molar refractivity (Wildman–Crippen MR) is 108 cm³/mol. The molecule has 2 amide bonds. The minimum Gasteiger partial charge on any atom is -0.393 e. The van der Waals surface area contributed by atoms with Crippen LogP contribution < -0.4 is 5.32 Å². The Morgan fingerprint density at radius 1 is 1.25 bits per heavy atom. The number of likely N-dealkylation sites (N-methyl/N-ethyl adjacent to an activating group) is 1. The quantitative estimate of drug-likeness (QED) is 0.729. The number of nitriles is 1. The van der Waals surface area contributed by atoms with Gasteiger partial charge in [0.2, 0.25) is 11.8 Å². The highest BCUT2D eigenvalue weighted by atomic mass is 32.1. The van der Waals surface area contributed by atoms with Crippen molar-refractivity contribution in [1.29, 1.82) is 5.26 Å². The highest BCUT2D eigenvalue weighted by Crippen LogP contribution is 2.36. The molecule has 0 saturated carbocycles. The van der Waals surface area contributed by atoms with Crippen molar-refractivity contribution in [3.63, 3.8) is 0 Å². The van der Waals surface area contributed by atoms with Gasteiger partial charge in [0.25, 0.3) is 0 Å². The van der Waals surface area contributed by atoms with Crippen LogP contribution in [0, 0.1) is 11.3 Å². The first-order valence-corrected chi connectivity index (χ1v) is 10.8. The van der Waals surface area contributed by atoms with Crippen LogP contribution >= 0.6 is 11.3 Å². The fourth-order valence-electron chi connectivity index (χ4n) is 3.86. The number of amides is 2. The van der Waals surface area contributed by atoms with Crippen LogP contribution in [0.25, 0.3) is 0 Å². The molecule has 28 heavy (non-hydrogen) atoms. The van der Waals surface area contributed by atoms with Crippen molar-refractivity contribution in [2.45, 2.75) is 51.0 Å². The highest BCUT2D eigenvalue weighted by Gasteiger charge is 2.24. The maximum atomic E-state index is 12.5. The summed E-state index contributed by atoms with van der Waals surface area (Å²) >= 11 is 1.52. The second-order valence-corrected chi connectivity index (χ2v) is 8.82. The van der Waals surface area contributed by atoms with Crippen molar-refractivity contribution in [2.75, 3.05) is 38.5 Å². The first-order chi connectivity index (χ1) is 13.5. The molecule has 3 rings (SSSR count). The molecule has 0 unspecified atom stereocenters. The number of piperidine rings is 1. The lowest BCUT2D eigenvalue weighted by atomic mass is 10.1. The van der Waals surface area contributed by atoms with Crippen LogP contribution in [-0.2, 0) is 22.4 Å². The Morgan fingerprint density at radius 3 is 2.68 bits per heavy atom. The standard InChI is InChI=1S/C20H28N4O3S/c1-23(13-19(27)24-9-7-14(25)8-10-24)12-18(26)22-20-16(11-21)15-5-3-2-4-6-17(15)28-20/h14,25H,2-10,12-13H2,1H3,(H,22,26). The van der Waals surface area contributed by atoms with Crippen molar-refractivity contribution < 1.29 is 14.7 Å². The molecule has 0 radical (unpaired) electrons. The van der Waals surface area contributed by atoms with Gasteiger partial charge in [-0.1, -0.05) is 6.42 Å². The number of hydrogen-bond donors (Lipinski definition) is 2. The smallest absolute Gasteiger partial charge is 0.239 e. The van der Waals surface area contributed by atoms with Gasteiger partial charge in [-0.2, -0.15) is 5.26 Å². The summed E-state index contributed by atoms with van der Waals surface area (Å²) in [5.74, 6) is -0.236. The van der Waals surface area contributed by atoms with Gasteiger partial charge in [-0.3, -0.25) is 14.5 Å². The third kappa shape index (κ3) is 5.10. The summed E-state index contributed by atoms with van der Waals surface area (Å²) in [4.78, 5) is 29.5. The van der Waals surface area contributed by atoms with E-state index in [0.29, 0.717) is 36.5 Å². The summed E-state index contributed by atoms with van der Waals surface area (Å²) in [6, 6.07) is 2.27. The van der Waals surface area contributed by atoms with Gasteiger partial charge in [0.15, 0.2) is 0 Å². The Labute approximate surface area is 169 Å². The van der Waals surface area contributed by atoms with E-state index >= 15 is 0 Å². The van der Waals surface area contributed by atoms with Crippen LogP contribution in [0.5, 0.6) is 0 Å². The van der Waals surface area contributed by atoms with Crippen LogP contribution in [0.1, 0.15) is 48.1 Å². The third-order valence-electron chi connectivity index (χ3n) is 5.42. The number of carbonyl (C=O) groups is 2. The first-order valence-electron chi connectivity index (χ1n) is 9.96. The maximum Gasteiger partial charge on any atom is 0.239 e. The van der Waals surface area contributed by atoms with Crippen molar-refractivity contribution in [3.05, 3.63) is 16.0 Å². The summed E-state index contributed by atoms with van der Waals surface area (Å²) < 4.78 is 0. The van der Waals surface area contributed by atoms with E-state index in [1.807, 2.05) is 0 Å². The lowest BCUT2D eigenvalue weighted by Crippen LogP contribution is -2.45. The van der Waals surface area contributed by atoms with E-state index in [2.05, 4.69) is 11.4 Å². The number of fused-ring (bicyclic) bond motifs is 1. The Hall–Kier alpha value is -1.95. The number of carbonyl (C=O) groups excluding carboxylic acids is 2. The number of aliphatic hydroxyl groups excluding tert-OH is 1. The molecule has 0 aromatic carbocycles. The second kappa shape index (κ2) is 9.50. The van der Waals surface area contributed by atoms with Gasteiger partial charge in [-0.05, 0) is 51.1 Å². The monoisotopic (exact) mass is 404 g/mol. The number of nitrogens with one attached hydrogen (secondary N) is 1. The van der Waals surface area contributed by atoms with Gasteiger partial charge in [-0.15, -0.1) is 11.3 Å². The van der Waals surface area contributed by atoms with E-state index in [9.17, 15) is 20.0 Å². The molecule has 1 fully saturated rings. The van der Waals surface area contributed by atoms with Crippen LogP contribution in [0.2, 0.25) is 0 Å². The molecule has 2 heterocycles. The van der Waals surface area contributed by atoms with Crippen LogP contribution in [0.4, 0.5) is 5.00 Å². The van der Waals surface area contributed by atoms with Gasteiger partial charge in [0.1, 0.15) is 11.1 Å². The lowest BCUT2D eigenvalue weighted by molar-refractivity contribution is -0.134. The fourth-order valence-corrected chi connectivity index (χ4v) is 5.12. The Kier molecular flexibility index (Phi) is 7.05. The molecule has 2 aliphatic rings. The number of aryl methyl sites for hydroxylation is 1. The lowest BCUT2D eigenvalue weighted by Gasteiger charge is -2.30. The summed E-state index contributed by atoms with van der Waals surface area (Å²) in [6.07, 6.45) is 6.18. The van der Waals surface area contributed by atoms with E-state index in [4.69, 9.17) is 0 Å². The molecule has 0 bridgehead atoms. The van der Waals surface area contributed by atoms with Crippen LogP contribution in [-0.4, -0.2) is 66.1 Å². The third-order valence-corrected chi connectivity index (χ3v) is 6.63. The number of rotatable bonds is 5. The molecular weight excluding hydrogens is 376 g/mol. The molecular formula is C20H28N4O3S. The summed E-state index contributed by atoms with van der Waals surface area (Å²) in [5, 5.41) is 22.6. The first kappa shape index (κ1) is 20.8. The minimum absolute atomic E-state index is 0.0252. The van der Waals surface area contributed by atoms with Crippen molar-refractivity contribution in [3.8, 4) is 6.07 Å². The van der Waals surface area contributed by atoms with Crippen LogP contribution in [0.3, 0.4) is 0 Å². The molecule has 0 atom stereocenters. The summed E-state index contributed by atoms with van der Waals surface area (Å²) in [5.41, 5.74) is 1.72. The molecule has 2 N–H and O–H groups in total. The average Bonchev–Trinajstić information content (AvgIpc) is 2.81. The number of aliphatic hydroxyl groups is 1. The molecule has 0 spiro atoms. The predicted octanol–water partition coefficient (Wildman–Crippen LogP) is 1.74. The van der Waals surface area contributed by atoms with Crippen molar-refractivity contribution in [1.82, 2.24) is 9.80 Å². The van der Waals surface area contributed by atoms with Gasteiger partial charge in [0, 0.05) is 18.0 Å². The van der Waals surface area contributed by atoms with E-state index in [0.717, 1.165) is 31.2 Å². The molecule has 1 aromatic heterocycles. The molecule has 1 saturated heterocycles. The zero-order chi connectivity index (χ0) is 20.1. The number of likely N-dealkylation sites (tertiary alicyclic amines) is 1. The minimum atomic E-state index is -0.317. The van der Waals surface area contributed by atoms with E-state index in [1.54, 1.807) is 16.8 Å². The average molecular weight is 405 g/mol. The molecule has 1 aliphatic carbocycles. The molecule has 1 aromatic rings. The summed E-state index contributed by atoms with van der Waals surface area (Å²) in [6.45, 7) is 1.38. The topological polar surface area (TPSA) is 96.7 Å². The van der Waals surface area contributed by atoms with E-state index < -0.39 is 0 Å². The van der Waals surface area contributed by atoms with Gasteiger partial charge >= 0.3 is 0 Å². The Bertz CT molecular complexity index is 762. The van der Waals surface area contributed by atoms with Gasteiger partial charge in [0.05, 0.1) is 24.8 Å². The summed E-state index contributed by atoms with van der Waals surface area (Å²) in [7, 11) is 1.74. The van der Waals surface area contributed by atoms with Crippen LogP contribution in [0.15, 0.2) is 0 Å². The van der Waals surface area contributed by atoms with E-state index in [-0.39, 0.29) is 31.0 Å². The number of hydrogen-bond acceptors (Lipinski definition) is 6. The number of anilines is 1. The molecule has 1 aliphatic heterocycles. The van der Waals surface area contributed by atoms with Crippen molar-refractivity contribution >= 4 is 28.2 Å². The Balaban J connectivity index is 1.54. The molecule has 152 valence electrons. The Morgan fingerprint density at radius 2 is 1.96 bits per heavy atom. The normalized spacial score (nSPS) is 17.7. The van der Waals surface area contributed by atoms with Gasteiger partial charge < -0.3 is 15.3 Å².